The smallest absolute Gasteiger partial charge is 0.313 e. The van der Waals surface area contributed by atoms with E-state index < -0.39 is 11.8 Å². The van der Waals surface area contributed by atoms with E-state index in [9.17, 15) is 14.7 Å². The van der Waals surface area contributed by atoms with Crippen LogP contribution in [0.3, 0.4) is 0 Å². The third kappa shape index (κ3) is 5.61. The van der Waals surface area contributed by atoms with E-state index in [2.05, 4.69) is 15.5 Å². The van der Waals surface area contributed by atoms with E-state index in [-0.39, 0.29) is 6.10 Å². The van der Waals surface area contributed by atoms with Crippen molar-refractivity contribution in [2.24, 2.45) is 0 Å². The number of nitrogens with zero attached hydrogens (tertiary/aromatic N) is 1. The van der Waals surface area contributed by atoms with Gasteiger partial charge in [0, 0.05) is 32.2 Å². The molecule has 0 atom stereocenters. The zero-order valence-corrected chi connectivity index (χ0v) is 14.6. The Morgan fingerprint density at radius 3 is 2.56 bits per heavy atom. The van der Waals surface area contributed by atoms with Crippen LogP contribution in [0.4, 0.5) is 5.69 Å². The van der Waals surface area contributed by atoms with Gasteiger partial charge in [0.2, 0.25) is 0 Å². The Bertz CT molecular complexity index is 600. The predicted molar refractivity (Wildman–Crippen MR) is 92.9 cm³/mol. The number of hydrogen-bond donors (Lipinski definition) is 3. The number of aliphatic hydroxyl groups excluding tert-OH is 1. The van der Waals surface area contributed by atoms with Crippen molar-refractivity contribution in [3.05, 3.63) is 18.2 Å². The molecule has 1 aliphatic rings. The van der Waals surface area contributed by atoms with E-state index in [0.717, 1.165) is 25.9 Å². The summed E-state index contributed by atoms with van der Waals surface area (Å²) in [7, 11) is 3.00. The highest BCUT2D eigenvalue weighted by Crippen LogP contribution is 2.28. The first-order chi connectivity index (χ1) is 12.0. The molecule has 0 spiro atoms. The lowest BCUT2D eigenvalue weighted by atomic mass is 10.1. The van der Waals surface area contributed by atoms with Crippen molar-refractivity contribution in [3.8, 4) is 11.5 Å². The van der Waals surface area contributed by atoms with Crippen LogP contribution in [-0.4, -0.2) is 68.3 Å². The molecule has 2 amide bonds. The summed E-state index contributed by atoms with van der Waals surface area (Å²) in [6, 6.07) is 4.90. The standard InChI is InChI=1S/C17H25N3O5/c1-24-13-3-4-14(15(11-13)25-2)19-17(23)16(22)18-7-10-20-8-5-12(21)6-9-20/h3-4,11-12,21H,5-10H2,1-2H3,(H,18,22)(H,19,23). The average molecular weight is 351 g/mol. The minimum atomic E-state index is -0.752. The number of hydrogen-bond acceptors (Lipinski definition) is 6. The molecule has 1 fully saturated rings. The number of benzene rings is 1. The van der Waals surface area contributed by atoms with Gasteiger partial charge in [0.05, 0.1) is 26.0 Å². The summed E-state index contributed by atoms with van der Waals surface area (Å²) in [5, 5.41) is 14.6. The van der Waals surface area contributed by atoms with Crippen LogP contribution in [-0.2, 0) is 9.59 Å². The van der Waals surface area contributed by atoms with E-state index in [4.69, 9.17) is 9.47 Å². The van der Waals surface area contributed by atoms with Crippen LogP contribution >= 0.6 is 0 Å². The van der Waals surface area contributed by atoms with Crippen LogP contribution in [0.25, 0.3) is 0 Å². The number of likely N-dealkylation sites (tertiary alicyclic amines) is 1. The second-order valence-corrected chi connectivity index (χ2v) is 5.85. The quantitative estimate of drug-likeness (QED) is 0.634. The molecule has 0 unspecified atom stereocenters. The van der Waals surface area contributed by atoms with Gasteiger partial charge in [-0.3, -0.25) is 9.59 Å². The Morgan fingerprint density at radius 2 is 1.92 bits per heavy atom. The first-order valence-electron chi connectivity index (χ1n) is 8.25. The molecule has 2 rings (SSSR count). The normalized spacial score (nSPS) is 15.5. The monoisotopic (exact) mass is 351 g/mol. The number of piperidine rings is 1. The van der Waals surface area contributed by atoms with Crippen molar-refractivity contribution in [3.63, 3.8) is 0 Å². The highest BCUT2D eigenvalue weighted by molar-refractivity contribution is 6.39. The van der Waals surface area contributed by atoms with Gasteiger partial charge in [-0.1, -0.05) is 0 Å². The van der Waals surface area contributed by atoms with Gasteiger partial charge in [0.15, 0.2) is 0 Å². The highest BCUT2D eigenvalue weighted by atomic mass is 16.5. The van der Waals surface area contributed by atoms with E-state index >= 15 is 0 Å². The fourth-order valence-electron chi connectivity index (χ4n) is 2.63. The number of ether oxygens (including phenoxy) is 2. The van der Waals surface area contributed by atoms with Crippen molar-refractivity contribution in [2.45, 2.75) is 18.9 Å². The Morgan fingerprint density at radius 1 is 1.20 bits per heavy atom. The van der Waals surface area contributed by atoms with E-state index in [0.29, 0.717) is 30.3 Å². The molecule has 3 N–H and O–H groups in total. The maximum absolute atomic E-state index is 12.0. The molecule has 0 aromatic heterocycles. The topological polar surface area (TPSA) is 100 Å². The summed E-state index contributed by atoms with van der Waals surface area (Å²) in [4.78, 5) is 26.1. The summed E-state index contributed by atoms with van der Waals surface area (Å²) in [6.07, 6.45) is 1.26. The zero-order chi connectivity index (χ0) is 18.2. The van der Waals surface area contributed by atoms with Crippen LogP contribution < -0.4 is 20.1 Å². The first kappa shape index (κ1) is 19.0. The maximum Gasteiger partial charge on any atom is 0.313 e. The van der Waals surface area contributed by atoms with E-state index in [1.807, 2.05) is 0 Å². The second kappa shape index (κ2) is 9.24. The van der Waals surface area contributed by atoms with Gasteiger partial charge in [-0.2, -0.15) is 0 Å². The third-order valence-electron chi connectivity index (χ3n) is 4.13. The molecule has 0 bridgehead atoms. The molecule has 1 aromatic carbocycles. The Balaban J connectivity index is 1.79. The number of aliphatic hydroxyl groups is 1. The summed E-state index contributed by atoms with van der Waals surface area (Å²) >= 11 is 0. The van der Waals surface area contributed by atoms with Crippen LogP contribution in [0.2, 0.25) is 0 Å². The number of methoxy groups -OCH3 is 2. The molecule has 0 aliphatic carbocycles. The van der Waals surface area contributed by atoms with Gasteiger partial charge < -0.3 is 30.1 Å². The van der Waals surface area contributed by atoms with Crippen molar-refractivity contribution >= 4 is 17.5 Å². The zero-order valence-electron chi connectivity index (χ0n) is 14.6. The van der Waals surface area contributed by atoms with Gasteiger partial charge in [-0.15, -0.1) is 0 Å². The third-order valence-corrected chi connectivity index (χ3v) is 4.13. The molecule has 8 nitrogen and oxygen atoms in total. The lowest BCUT2D eigenvalue weighted by Crippen LogP contribution is -2.43. The summed E-state index contributed by atoms with van der Waals surface area (Å²) < 4.78 is 10.3. The van der Waals surface area contributed by atoms with E-state index in [1.165, 1.54) is 14.2 Å². The predicted octanol–water partition coefficient (Wildman–Crippen LogP) is 0.215. The highest BCUT2D eigenvalue weighted by Gasteiger charge is 2.18. The van der Waals surface area contributed by atoms with Gasteiger partial charge in [-0.25, -0.2) is 0 Å². The average Bonchev–Trinajstić information content (AvgIpc) is 2.63. The Hall–Kier alpha value is -2.32. The van der Waals surface area contributed by atoms with Crippen LogP contribution in [0.15, 0.2) is 18.2 Å². The van der Waals surface area contributed by atoms with Crippen LogP contribution in [0.1, 0.15) is 12.8 Å². The fourth-order valence-corrected chi connectivity index (χ4v) is 2.63. The largest absolute Gasteiger partial charge is 0.497 e. The molecular formula is C17H25N3O5. The summed E-state index contributed by atoms with van der Waals surface area (Å²) in [5.74, 6) is -0.453. The molecule has 0 saturated carbocycles. The minimum absolute atomic E-state index is 0.226. The summed E-state index contributed by atoms with van der Waals surface area (Å²) in [5.41, 5.74) is 0.397. The molecule has 1 aliphatic heterocycles. The number of rotatable bonds is 6. The van der Waals surface area contributed by atoms with Crippen LogP contribution in [0.5, 0.6) is 11.5 Å². The molecule has 1 aromatic rings. The number of carbonyl (C=O) groups is 2. The molecule has 1 heterocycles. The fraction of sp³-hybridized carbons (Fsp3) is 0.529. The molecule has 8 heteroatoms. The maximum atomic E-state index is 12.0. The van der Waals surface area contributed by atoms with Gasteiger partial charge in [-0.05, 0) is 25.0 Å². The molecular weight excluding hydrogens is 326 g/mol. The number of carbonyl (C=O) groups excluding carboxylic acids is 2. The SMILES string of the molecule is COc1ccc(NC(=O)C(=O)NCCN2CCC(O)CC2)c(OC)c1. The molecule has 0 radical (unpaired) electrons. The Labute approximate surface area is 147 Å². The van der Waals surface area contributed by atoms with Crippen molar-refractivity contribution in [1.82, 2.24) is 10.2 Å². The van der Waals surface area contributed by atoms with Crippen LogP contribution in [0, 0.1) is 0 Å². The van der Waals surface area contributed by atoms with E-state index in [1.54, 1.807) is 18.2 Å². The van der Waals surface area contributed by atoms with Gasteiger partial charge >= 0.3 is 11.8 Å². The number of anilines is 1. The lowest BCUT2D eigenvalue weighted by Gasteiger charge is -2.29. The van der Waals surface area contributed by atoms with Crippen molar-refractivity contribution < 1.29 is 24.2 Å². The number of amides is 2. The van der Waals surface area contributed by atoms with Gasteiger partial charge in [0.1, 0.15) is 11.5 Å². The van der Waals surface area contributed by atoms with Gasteiger partial charge in [0.25, 0.3) is 0 Å². The Kier molecular flexibility index (Phi) is 7.03. The minimum Gasteiger partial charge on any atom is -0.497 e. The van der Waals surface area contributed by atoms with Crippen molar-refractivity contribution in [2.75, 3.05) is 45.7 Å². The first-order valence-corrected chi connectivity index (χ1v) is 8.25. The molecule has 138 valence electrons. The lowest BCUT2D eigenvalue weighted by molar-refractivity contribution is -0.136. The summed E-state index contributed by atoms with van der Waals surface area (Å²) in [6.45, 7) is 2.62. The number of nitrogens with one attached hydrogen (secondary N) is 2. The molecule has 1 saturated heterocycles. The second-order valence-electron chi connectivity index (χ2n) is 5.85. The molecule has 25 heavy (non-hydrogen) atoms. The van der Waals surface area contributed by atoms with Crippen molar-refractivity contribution in [1.29, 1.82) is 0 Å².